The lowest BCUT2D eigenvalue weighted by Crippen LogP contribution is -2.60. The summed E-state index contributed by atoms with van der Waals surface area (Å²) in [6.45, 7) is 2.01. The van der Waals surface area contributed by atoms with Gasteiger partial charge in [0.25, 0.3) is 10.0 Å². The molecule has 1 atom stereocenters. The van der Waals surface area contributed by atoms with Gasteiger partial charge in [0.2, 0.25) is 11.8 Å². The molecule has 1 heterocycles. The molecule has 2 aromatic rings. The molecule has 32 heavy (non-hydrogen) atoms. The summed E-state index contributed by atoms with van der Waals surface area (Å²) in [5, 5.41) is 5.24. The Morgan fingerprint density at radius 2 is 1.78 bits per heavy atom. The number of ether oxygens (including phenoxy) is 1. The Morgan fingerprint density at radius 3 is 2.41 bits per heavy atom. The zero-order chi connectivity index (χ0) is 23.3. The fourth-order valence-electron chi connectivity index (χ4n) is 3.17. The molecule has 11 heteroatoms. The summed E-state index contributed by atoms with van der Waals surface area (Å²) in [5.41, 5.74) is 1.36. The number of anilines is 1. The maximum Gasteiger partial charge on any atom is 0.332 e. The van der Waals surface area contributed by atoms with Crippen molar-refractivity contribution in [2.45, 2.75) is 24.3 Å². The van der Waals surface area contributed by atoms with Gasteiger partial charge in [-0.2, -0.15) is 0 Å². The van der Waals surface area contributed by atoms with Gasteiger partial charge < -0.3 is 20.3 Å². The van der Waals surface area contributed by atoms with Gasteiger partial charge >= 0.3 is 6.03 Å². The minimum absolute atomic E-state index is 0.0570. The lowest BCUT2D eigenvalue weighted by molar-refractivity contribution is -0.130. The third-order valence-electron chi connectivity index (χ3n) is 4.90. The Morgan fingerprint density at radius 1 is 1.12 bits per heavy atom. The molecule has 10 nitrogen and oxygen atoms in total. The van der Waals surface area contributed by atoms with Gasteiger partial charge in [0.1, 0.15) is 11.8 Å². The number of nitrogens with one attached hydrogen (secondary N) is 3. The number of aryl methyl sites for hydroxylation is 1. The standard InChI is InChI=1S/C21H24N4O6S/c1-14-3-9-17(10-4-14)32(29,30)24-21(28)25-12-11-22-20(27)18(25)13-19(26)23-15-5-7-16(31-2)8-6-15/h3-10,18H,11-13H2,1-2H3,(H,22,27)(H,23,26)(H,24,28)/t18-/m1/s1. The number of amides is 4. The van der Waals surface area contributed by atoms with Gasteiger partial charge in [0.15, 0.2) is 0 Å². The van der Waals surface area contributed by atoms with Gasteiger partial charge in [0, 0.05) is 18.8 Å². The number of hydrogen-bond acceptors (Lipinski definition) is 6. The summed E-state index contributed by atoms with van der Waals surface area (Å²) in [7, 11) is -2.61. The van der Waals surface area contributed by atoms with Crippen molar-refractivity contribution >= 4 is 33.6 Å². The average Bonchev–Trinajstić information content (AvgIpc) is 2.75. The van der Waals surface area contributed by atoms with Crippen LogP contribution in [0.2, 0.25) is 0 Å². The van der Waals surface area contributed by atoms with Crippen LogP contribution in [0, 0.1) is 6.92 Å². The Hall–Kier alpha value is -3.60. The zero-order valence-electron chi connectivity index (χ0n) is 17.6. The van der Waals surface area contributed by atoms with Crippen LogP contribution in [-0.2, 0) is 19.6 Å². The van der Waals surface area contributed by atoms with Gasteiger partial charge in [-0.3, -0.25) is 9.59 Å². The molecule has 3 rings (SSSR count). The number of piperazine rings is 1. The number of sulfonamides is 1. The number of rotatable bonds is 6. The monoisotopic (exact) mass is 460 g/mol. The summed E-state index contributed by atoms with van der Waals surface area (Å²) in [6.07, 6.45) is -0.337. The highest BCUT2D eigenvalue weighted by Crippen LogP contribution is 2.17. The molecular weight excluding hydrogens is 436 g/mol. The molecule has 0 bridgehead atoms. The van der Waals surface area contributed by atoms with Gasteiger partial charge in [-0.15, -0.1) is 0 Å². The van der Waals surface area contributed by atoms with Crippen LogP contribution in [0.25, 0.3) is 0 Å². The normalized spacial score (nSPS) is 16.1. The van der Waals surface area contributed by atoms with E-state index in [2.05, 4.69) is 10.6 Å². The fourth-order valence-corrected chi connectivity index (χ4v) is 4.13. The Bertz CT molecular complexity index is 1100. The first-order chi connectivity index (χ1) is 15.2. The van der Waals surface area contributed by atoms with Crippen molar-refractivity contribution in [1.82, 2.24) is 14.9 Å². The smallest absolute Gasteiger partial charge is 0.332 e. The first-order valence-electron chi connectivity index (χ1n) is 9.81. The average molecular weight is 461 g/mol. The topological polar surface area (TPSA) is 134 Å². The molecule has 0 radical (unpaired) electrons. The van der Waals surface area contributed by atoms with E-state index in [1.165, 1.54) is 19.2 Å². The van der Waals surface area contributed by atoms with Crippen molar-refractivity contribution in [3.8, 4) is 5.75 Å². The molecule has 170 valence electrons. The van der Waals surface area contributed by atoms with E-state index in [9.17, 15) is 22.8 Å². The number of methoxy groups -OCH3 is 1. The van der Waals surface area contributed by atoms with Crippen molar-refractivity contribution in [2.24, 2.45) is 0 Å². The van der Waals surface area contributed by atoms with Crippen LogP contribution in [0.4, 0.5) is 10.5 Å². The predicted octanol–water partition coefficient (Wildman–Crippen LogP) is 1.23. The number of nitrogens with zero attached hydrogens (tertiary/aromatic N) is 1. The van der Waals surface area contributed by atoms with Crippen LogP contribution in [0.5, 0.6) is 5.75 Å². The lowest BCUT2D eigenvalue weighted by Gasteiger charge is -2.34. The van der Waals surface area contributed by atoms with Crippen LogP contribution in [0.15, 0.2) is 53.4 Å². The summed E-state index contributed by atoms with van der Waals surface area (Å²) >= 11 is 0. The molecule has 2 aromatic carbocycles. The summed E-state index contributed by atoms with van der Waals surface area (Å²) in [4.78, 5) is 38.6. The van der Waals surface area contributed by atoms with E-state index in [4.69, 9.17) is 4.74 Å². The van der Waals surface area contributed by atoms with Gasteiger partial charge in [-0.25, -0.2) is 17.9 Å². The molecule has 4 amide bonds. The van der Waals surface area contributed by atoms with E-state index in [1.807, 2.05) is 11.6 Å². The minimum atomic E-state index is -4.14. The van der Waals surface area contributed by atoms with E-state index in [-0.39, 0.29) is 24.4 Å². The predicted molar refractivity (Wildman–Crippen MR) is 117 cm³/mol. The molecule has 0 aromatic heterocycles. The quantitative estimate of drug-likeness (QED) is 0.594. The molecule has 0 aliphatic carbocycles. The second-order valence-electron chi connectivity index (χ2n) is 7.20. The molecule has 1 aliphatic rings. The third kappa shape index (κ3) is 5.55. The highest BCUT2D eigenvalue weighted by Gasteiger charge is 2.36. The SMILES string of the molecule is COc1ccc(NC(=O)C[C@@H]2C(=O)NCCN2C(=O)NS(=O)(=O)c2ccc(C)cc2)cc1. The van der Waals surface area contributed by atoms with Crippen molar-refractivity contribution in [2.75, 3.05) is 25.5 Å². The zero-order valence-corrected chi connectivity index (χ0v) is 18.4. The van der Waals surface area contributed by atoms with Crippen molar-refractivity contribution in [1.29, 1.82) is 0 Å². The van der Waals surface area contributed by atoms with E-state index >= 15 is 0 Å². The highest BCUT2D eigenvalue weighted by molar-refractivity contribution is 7.90. The van der Waals surface area contributed by atoms with Crippen LogP contribution < -0.4 is 20.1 Å². The number of urea groups is 1. The molecule has 1 aliphatic heterocycles. The van der Waals surface area contributed by atoms with Crippen LogP contribution in [-0.4, -0.2) is 57.4 Å². The third-order valence-corrected chi connectivity index (χ3v) is 6.23. The Kier molecular flexibility index (Phi) is 6.98. The molecule has 0 spiro atoms. The largest absolute Gasteiger partial charge is 0.497 e. The van der Waals surface area contributed by atoms with Crippen LogP contribution in [0.1, 0.15) is 12.0 Å². The maximum atomic E-state index is 12.7. The first kappa shape index (κ1) is 23.1. The van der Waals surface area contributed by atoms with E-state index < -0.39 is 33.9 Å². The first-order valence-corrected chi connectivity index (χ1v) is 11.3. The molecular formula is C21H24N4O6S. The Labute approximate surface area is 186 Å². The van der Waals surface area contributed by atoms with Crippen molar-refractivity contribution < 1.29 is 27.5 Å². The van der Waals surface area contributed by atoms with Crippen molar-refractivity contribution in [3.63, 3.8) is 0 Å². The summed E-state index contributed by atoms with van der Waals surface area (Å²) in [5.74, 6) is -0.423. The number of carbonyl (C=O) groups is 3. The lowest BCUT2D eigenvalue weighted by atomic mass is 10.1. The van der Waals surface area contributed by atoms with Gasteiger partial charge in [-0.1, -0.05) is 17.7 Å². The van der Waals surface area contributed by atoms with Crippen LogP contribution >= 0.6 is 0 Å². The summed E-state index contributed by atoms with van der Waals surface area (Å²) < 4.78 is 32.1. The second-order valence-corrected chi connectivity index (χ2v) is 8.89. The minimum Gasteiger partial charge on any atom is -0.497 e. The molecule has 3 N–H and O–H groups in total. The number of benzene rings is 2. The van der Waals surface area contributed by atoms with Gasteiger partial charge in [0.05, 0.1) is 18.4 Å². The Balaban J connectivity index is 1.69. The molecule has 1 fully saturated rings. The highest BCUT2D eigenvalue weighted by atomic mass is 32.2. The van der Waals surface area contributed by atoms with Crippen LogP contribution in [0.3, 0.4) is 0 Å². The summed E-state index contributed by atoms with van der Waals surface area (Å²) in [6, 6.07) is 10.5. The van der Waals surface area contributed by atoms with Crippen molar-refractivity contribution in [3.05, 3.63) is 54.1 Å². The molecule has 1 saturated heterocycles. The number of carbonyl (C=O) groups excluding carboxylic acids is 3. The fraction of sp³-hybridized carbons (Fsp3) is 0.286. The second kappa shape index (κ2) is 9.69. The van der Waals surface area contributed by atoms with E-state index in [0.29, 0.717) is 11.4 Å². The molecule has 0 saturated carbocycles. The molecule has 0 unspecified atom stereocenters. The maximum absolute atomic E-state index is 12.7. The van der Waals surface area contributed by atoms with Gasteiger partial charge in [-0.05, 0) is 43.3 Å². The number of hydrogen-bond donors (Lipinski definition) is 3. The van der Waals surface area contributed by atoms with E-state index in [1.54, 1.807) is 36.4 Å². The van der Waals surface area contributed by atoms with E-state index in [0.717, 1.165) is 10.5 Å².